The highest BCUT2D eigenvalue weighted by Gasteiger charge is 2.39. The third kappa shape index (κ3) is 2.33. The van der Waals surface area contributed by atoms with Gasteiger partial charge in [0.15, 0.2) is 5.82 Å². The molecule has 0 spiro atoms. The minimum Gasteiger partial charge on any atom is -0.339 e. The molecule has 1 atom stereocenters. The molecule has 4 nitrogen and oxygen atoms in total. The number of rotatable bonds is 4. The van der Waals surface area contributed by atoms with E-state index in [1.54, 1.807) is 12.1 Å². The summed E-state index contributed by atoms with van der Waals surface area (Å²) in [6, 6.07) is 6.77. The second-order valence-corrected chi connectivity index (χ2v) is 5.65. The Kier molecular flexibility index (Phi) is 3.30. The van der Waals surface area contributed by atoms with Gasteiger partial charge in [-0.15, -0.1) is 0 Å². The molecular weight excluding hydrogens is 257 g/mol. The van der Waals surface area contributed by atoms with Crippen LogP contribution in [0.1, 0.15) is 49.4 Å². The van der Waals surface area contributed by atoms with Crippen molar-refractivity contribution in [2.75, 3.05) is 0 Å². The van der Waals surface area contributed by atoms with Crippen LogP contribution in [0.25, 0.3) is 0 Å². The predicted octanol–water partition coefficient (Wildman–Crippen LogP) is 2.89. The van der Waals surface area contributed by atoms with Crippen LogP contribution in [-0.4, -0.2) is 10.1 Å². The number of hydrogen-bond acceptors (Lipinski definition) is 4. The summed E-state index contributed by atoms with van der Waals surface area (Å²) in [6.07, 6.45) is 3.42. The first-order valence-corrected chi connectivity index (χ1v) is 6.95. The van der Waals surface area contributed by atoms with Crippen LogP contribution in [0.3, 0.4) is 0 Å². The molecule has 1 aromatic carbocycles. The lowest BCUT2D eigenvalue weighted by Crippen LogP contribution is -2.44. The molecule has 0 radical (unpaired) electrons. The quantitative estimate of drug-likeness (QED) is 0.931. The fourth-order valence-electron chi connectivity index (χ4n) is 2.57. The maximum absolute atomic E-state index is 13.7. The zero-order chi connectivity index (χ0) is 14.2. The molecule has 0 amide bonds. The molecule has 0 aliphatic heterocycles. The SMILES string of the molecule is CC(Cc1nc(C2(N)CCC2)no1)c1ccccc1F. The normalized spacial score (nSPS) is 18.6. The Bertz CT molecular complexity index is 607. The molecule has 1 saturated carbocycles. The zero-order valence-corrected chi connectivity index (χ0v) is 11.5. The molecule has 2 aromatic rings. The van der Waals surface area contributed by atoms with E-state index in [0.29, 0.717) is 23.7 Å². The van der Waals surface area contributed by atoms with Crippen molar-refractivity contribution in [2.24, 2.45) is 5.73 Å². The maximum atomic E-state index is 13.7. The topological polar surface area (TPSA) is 64.9 Å². The van der Waals surface area contributed by atoms with Crippen LogP contribution in [0.4, 0.5) is 4.39 Å². The summed E-state index contributed by atoms with van der Waals surface area (Å²) in [7, 11) is 0. The van der Waals surface area contributed by atoms with Gasteiger partial charge >= 0.3 is 0 Å². The van der Waals surface area contributed by atoms with Crippen molar-refractivity contribution in [1.82, 2.24) is 10.1 Å². The van der Waals surface area contributed by atoms with Crippen LogP contribution < -0.4 is 5.73 Å². The minimum absolute atomic E-state index is 0.0142. The standard InChI is InChI=1S/C15H18FN3O/c1-10(11-5-2-3-6-12(11)16)9-13-18-14(19-20-13)15(17)7-4-8-15/h2-3,5-6,10H,4,7-9,17H2,1H3. The minimum atomic E-state index is -0.414. The van der Waals surface area contributed by atoms with Crippen LogP contribution >= 0.6 is 0 Å². The summed E-state index contributed by atoms with van der Waals surface area (Å²) in [5, 5.41) is 3.97. The Balaban J connectivity index is 1.73. The van der Waals surface area contributed by atoms with Crippen LogP contribution in [0.15, 0.2) is 28.8 Å². The van der Waals surface area contributed by atoms with E-state index < -0.39 is 5.54 Å². The Hall–Kier alpha value is -1.75. The smallest absolute Gasteiger partial charge is 0.227 e. The Morgan fingerprint density at radius 1 is 1.40 bits per heavy atom. The van der Waals surface area contributed by atoms with Crippen molar-refractivity contribution >= 4 is 0 Å². The predicted molar refractivity (Wildman–Crippen MR) is 72.5 cm³/mol. The molecule has 1 aromatic heterocycles. The maximum Gasteiger partial charge on any atom is 0.227 e. The van der Waals surface area contributed by atoms with Crippen molar-refractivity contribution < 1.29 is 8.91 Å². The van der Waals surface area contributed by atoms with Gasteiger partial charge in [0.2, 0.25) is 5.89 Å². The first-order valence-electron chi connectivity index (χ1n) is 6.95. The number of halogens is 1. The number of benzene rings is 1. The third-order valence-electron chi connectivity index (χ3n) is 4.08. The lowest BCUT2D eigenvalue weighted by molar-refractivity contribution is 0.229. The van der Waals surface area contributed by atoms with Gasteiger partial charge in [0.1, 0.15) is 5.82 Å². The molecule has 1 aliphatic carbocycles. The van der Waals surface area contributed by atoms with Crippen LogP contribution in [0.5, 0.6) is 0 Å². The summed E-state index contributed by atoms with van der Waals surface area (Å²) in [5.41, 5.74) is 6.41. The fraction of sp³-hybridized carbons (Fsp3) is 0.467. The number of aromatic nitrogens is 2. The fourth-order valence-corrected chi connectivity index (χ4v) is 2.57. The Labute approximate surface area is 117 Å². The molecule has 3 rings (SSSR count). The molecule has 1 unspecified atom stereocenters. The molecule has 1 heterocycles. The van der Waals surface area contributed by atoms with Gasteiger partial charge in [0.25, 0.3) is 0 Å². The molecule has 5 heteroatoms. The van der Waals surface area contributed by atoms with Crippen LogP contribution in [-0.2, 0) is 12.0 Å². The summed E-state index contributed by atoms with van der Waals surface area (Å²) in [4.78, 5) is 4.37. The Morgan fingerprint density at radius 3 is 2.80 bits per heavy atom. The summed E-state index contributed by atoms with van der Waals surface area (Å²) in [6.45, 7) is 1.95. The average molecular weight is 275 g/mol. The summed E-state index contributed by atoms with van der Waals surface area (Å²) >= 11 is 0. The van der Waals surface area contributed by atoms with Crippen molar-refractivity contribution in [2.45, 2.75) is 44.1 Å². The molecule has 2 N–H and O–H groups in total. The van der Waals surface area contributed by atoms with Crippen LogP contribution in [0, 0.1) is 5.82 Å². The van der Waals surface area contributed by atoms with Gasteiger partial charge in [-0.3, -0.25) is 0 Å². The molecule has 1 aliphatic rings. The average Bonchev–Trinajstić information content (AvgIpc) is 2.85. The monoisotopic (exact) mass is 275 g/mol. The first kappa shape index (κ1) is 13.2. The van der Waals surface area contributed by atoms with E-state index in [2.05, 4.69) is 10.1 Å². The number of nitrogens with two attached hydrogens (primary N) is 1. The largest absolute Gasteiger partial charge is 0.339 e. The van der Waals surface area contributed by atoms with Gasteiger partial charge in [0.05, 0.1) is 5.54 Å². The van der Waals surface area contributed by atoms with E-state index in [1.807, 2.05) is 13.0 Å². The van der Waals surface area contributed by atoms with E-state index in [9.17, 15) is 4.39 Å². The summed E-state index contributed by atoms with van der Waals surface area (Å²) < 4.78 is 19.0. The van der Waals surface area contributed by atoms with Crippen LogP contribution in [0.2, 0.25) is 0 Å². The third-order valence-corrected chi connectivity index (χ3v) is 4.08. The highest BCUT2D eigenvalue weighted by Crippen LogP contribution is 2.37. The van der Waals surface area contributed by atoms with E-state index in [-0.39, 0.29) is 11.7 Å². The van der Waals surface area contributed by atoms with Gasteiger partial charge in [-0.2, -0.15) is 4.98 Å². The zero-order valence-electron chi connectivity index (χ0n) is 11.5. The van der Waals surface area contributed by atoms with Gasteiger partial charge in [0, 0.05) is 6.42 Å². The molecule has 106 valence electrons. The molecule has 1 fully saturated rings. The Morgan fingerprint density at radius 2 is 2.15 bits per heavy atom. The van der Waals surface area contributed by atoms with Gasteiger partial charge in [-0.25, -0.2) is 4.39 Å². The number of hydrogen-bond donors (Lipinski definition) is 1. The van der Waals surface area contributed by atoms with Crippen molar-refractivity contribution in [3.8, 4) is 0 Å². The second kappa shape index (κ2) is 4.98. The molecule has 0 saturated heterocycles. The van der Waals surface area contributed by atoms with Crippen molar-refractivity contribution in [3.63, 3.8) is 0 Å². The molecular formula is C15H18FN3O. The summed E-state index contributed by atoms with van der Waals surface area (Å²) in [5.74, 6) is 0.889. The van der Waals surface area contributed by atoms with Crippen molar-refractivity contribution in [3.05, 3.63) is 47.4 Å². The van der Waals surface area contributed by atoms with Gasteiger partial charge < -0.3 is 10.3 Å². The highest BCUT2D eigenvalue weighted by molar-refractivity contribution is 5.22. The second-order valence-electron chi connectivity index (χ2n) is 5.65. The first-order chi connectivity index (χ1) is 9.58. The lowest BCUT2D eigenvalue weighted by Gasteiger charge is -2.34. The van der Waals surface area contributed by atoms with E-state index in [0.717, 1.165) is 19.3 Å². The van der Waals surface area contributed by atoms with E-state index >= 15 is 0 Å². The van der Waals surface area contributed by atoms with Gasteiger partial charge in [-0.1, -0.05) is 30.3 Å². The number of nitrogens with zero attached hydrogens (tertiary/aromatic N) is 2. The van der Waals surface area contributed by atoms with Gasteiger partial charge in [-0.05, 0) is 36.8 Å². The van der Waals surface area contributed by atoms with E-state index in [1.165, 1.54) is 6.07 Å². The van der Waals surface area contributed by atoms with E-state index in [4.69, 9.17) is 10.3 Å². The highest BCUT2D eigenvalue weighted by atomic mass is 19.1. The lowest BCUT2D eigenvalue weighted by atomic mass is 9.77. The molecule has 20 heavy (non-hydrogen) atoms. The molecule has 0 bridgehead atoms. The van der Waals surface area contributed by atoms with Crippen molar-refractivity contribution in [1.29, 1.82) is 0 Å².